The molecule has 1 aliphatic heterocycles. The van der Waals surface area contributed by atoms with Crippen LogP contribution in [0.5, 0.6) is 5.75 Å². The number of benzene rings is 1. The normalized spacial score (nSPS) is 18.4. The van der Waals surface area contributed by atoms with Crippen molar-refractivity contribution < 1.29 is 13.9 Å². The summed E-state index contributed by atoms with van der Waals surface area (Å²) in [5, 5.41) is 8.90. The monoisotopic (exact) mass is 411 g/mol. The van der Waals surface area contributed by atoms with Gasteiger partial charge in [-0.15, -0.1) is 0 Å². The average molecular weight is 411 g/mol. The first-order valence-electron chi connectivity index (χ1n) is 9.12. The van der Waals surface area contributed by atoms with Crippen LogP contribution in [0.1, 0.15) is 19.4 Å². The third-order valence-corrected chi connectivity index (χ3v) is 5.58. The van der Waals surface area contributed by atoms with Crippen LogP contribution in [0.15, 0.2) is 56.7 Å². The van der Waals surface area contributed by atoms with E-state index in [0.29, 0.717) is 29.4 Å². The lowest BCUT2D eigenvalue weighted by Crippen LogP contribution is -2.50. The van der Waals surface area contributed by atoms with E-state index in [4.69, 9.17) is 9.15 Å². The molecule has 150 valence electrons. The third-order valence-electron chi connectivity index (χ3n) is 4.50. The summed E-state index contributed by atoms with van der Waals surface area (Å²) in [4.78, 5) is 25.4. The van der Waals surface area contributed by atoms with Gasteiger partial charge in [-0.1, -0.05) is 23.9 Å². The molecule has 1 amide bonds. The number of H-pyrrole nitrogens is 1. The van der Waals surface area contributed by atoms with Crippen LogP contribution in [0.3, 0.4) is 0 Å². The Hall–Kier alpha value is -3.13. The number of pyridine rings is 1. The minimum atomic E-state index is -0.577. The Morgan fingerprint density at radius 3 is 2.90 bits per heavy atom. The molecular weight excluding hydrogens is 390 g/mol. The van der Waals surface area contributed by atoms with Gasteiger partial charge in [-0.05, 0) is 43.5 Å². The molecule has 0 spiro atoms. The summed E-state index contributed by atoms with van der Waals surface area (Å²) in [6.07, 6.45) is 0. The number of ether oxygens (including phenoxy) is 1. The Morgan fingerprint density at radius 1 is 1.31 bits per heavy atom. The number of para-hydroxylation sites is 1. The standard InChI is InChI=1S/C21H21N3O4S/c1-12-8-14-9-18(28-20(14)22-19(12)26)16-6-4-5-7-17(16)27-10-15-11-29-21(3,24-15)23-13(2)25/h4-9,11,24H,10H2,1-3H3,(H,22,26)(H,23,25). The highest BCUT2D eigenvalue weighted by atomic mass is 32.2. The van der Waals surface area contributed by atoms with Gasteiger partial charge in [-0.3, -0.25) is 14.6 Å². The molecule has 1 aliphatic rings. The molecular formula is C21H21N3O4S. The van der Waals surface area contributed by atoms with E-state index in [2.05, 4.69) is 15.6 Å². The predicted octanol–water partition coefficient (Wildman–Crippen LogP) is 3.46. The van der Waals surface area contributed by atoms with Crippen LogP contribution < -0.4 is 20.9 Å². The number of amides is 1. The zero-order chi connectivity index (χ0) is 20.6. The Labute approximate surface area is 171 Å². The van der Waals surface area contributed by atoms with E-state index >= 15 is 0 Å². The number of aromatic amines is 1. The van der Waals surface area contributed by atoms with Gasteiger partial charge in [0, 0.05) is 17.9 Å². The van der Waals surface area contributed by atoms with Crippen molar-refractivity contribution in [1.29, 1.82) is 0 Å². The molecule has 0 bridgehead atoms. The molecule has 0 saturated carbocycles. The third kappa shape index (κ3) is 4.02. The van der Waals surface area contributed by atoms with Crippen LogP contribution >= 0.6 is 11.8 Å². The molecule has 1 atom stereocenters. The molecule has 8 heteroatoms. The smallest absolute Gasteiger partial charge is 0.253 e. The minimum absolute atomic E-state index is 0.105. The molecule has 0 fully saturated rings. The van der Waals surface area contributed by atoms with Gasteiger partial charge in [0.2, 0.25) is 11.6 Å². The van der Waals surface area contributed by atoms with Gasteiger partial charge in [0.1, 0.15) is 18.1 Å². The molecule has 7 nitrogen and oxygen atoms in total. The van der Waals surface area contributed by atoms with Crippen LogP contribution in [-0.2, 0) is 4.79 Å². The molecule has 3 N–H and O–H groups in total. The number of hydrogen-bond acceptors (Lipinski definition) is 6. The maximum absolute atomic E-state index is 11.8. The second-order valence-electron chi connectivity index (χ2n) is 7.06. The number of aryl methyl sites for hydroxylation is 1. The first-order valence-corrected chi connectivity index (χ1v) is 10.0. The van der Waals surface area contributed by atoms with E-state index in [9.17, 15) is 9.59 Å². The number of aromatic nitrogens is 1. The van der Waals surface area contributed by atoms with Crippen molar-refractivity contribution >= 4 is 28.8 Å². The van der Waals surface area contributed by atoms with Crippen molar-refractivity contribution in [1.82, 2.24) is 15.6 Å². The van der Waals surface area contributed by atoms with Crippen molar-refractivity contribution in [2.45, 2.75) is 25.8 Å². The molecule has 29 heavy (non-hydrogen) atoms. The SMILES string of the molecule is CC(=O)NC1(C)NC(COc2ccccc2-c2cc3cc(C)c(=O)[nH]c3o2)=CS1. The van der Waals surface area contributed by atoms with Gasteiger partial charge in [0.15, 0.2) is 4.99 Å². The fourth-order valence-electron chi connectivity index (χ4n) is 3.22. The van der Waals surface area contributed by atoms with Gasteiger partial charge < -0.3 is 19.8 Å². The van der Waals surface area contributed by atoms with E-state index in [1.54, 1.807) is 13.0 Å². The number of carbonyl (C=O) groups is 1. The Balaban J connectivity index is 1.54. The van der Waals surface area contributed by atoms with Crippen LogP contribution in [0.4, 0.5) is 0 Å². The summed E-state index contributed by atoms with van der Waals surface area (Å²) in [7, 11) is 0. The molecule has 3 aromatic rings. The number of nitrogens with one attached hydrogen (secondary N) is 3. The molecule has 0 aliphatic carbocycles. The van der Waals surface area contributed by atoms with E-state index in [1.165, 1.54) is 18.7 Å². The van der Waals surface area contributed by atoms with Crippen molar-refractivity contribution in [2.24, 2.45) is 0 Å². The molecule has 3 heterocycles. The van der Waals surface area contributed by atoms with Crippen LogP contribution in [0.2, 0.25) is 0 Å². The number of furan rings is 1. The quantitative estimate of drug-likeness (QED) is 0.595. The number of hydrogen-bond donors (Lipinski definition) is 3. The van der Waals surface area contributed by atoms with Gasteiger partial charge >= 0.3 is 0 Å². The lowest BCUT2D eigenvalue weighted by Gasteiger charge is -2.26. The Morgan fingerprint density at radius 2 is 2.10 bits per heavy atom. The number of rotatable bonds is 5. The van der Waals surface area contributed by atoms with Gasteiger partial charge in [-0.25, -0.2) is 0 Å². The lowest BCUT2D eigenvalue weighted by molar-refractivity contribution is -0.120. The summed E-state index contributed by atoms with van der Waals surface area (Å²) in [5.41, 5.74) is 2.56. The van der Waals surface area contributed by atoms with E-state index < -0.39 is 4.99 Å². The fourth-order valence-corrected chi connectivity index (χ4v) is 4.11. The second-order valence-corrected chi connectivity index (χ2v) is 8.35. The highest BCUT2D eigenvalue weighted by molar-refractivity contribution is 8.03. The summed E-state index contributed by atoms with van der Waals surface area (Å²) in [6, 6.07) is 11.3. The van der Waals surface area contributed by atoms with Crippen molar-refractivity contribution in [3.8, 4) is 17.1 Å². The summed E-state index contributed by atoms with van der Waals surface area (Å²) in [6.45, 7) is 5.46. The Kier molecular flexibility index (Phi) is 4.87. The first kappa shape index (κ1) is 19.2. The maximum atomic E-state index is 11.8. The zero-order valence-corrected chi connectivity index (χ0v) is 17.1. The molecule has 2 aromatic heterocycles. The van der Waals surface area contributed by atoms with E-state index in [0.717, 1.165) is 16.6 Å². The van der Waals surface area contributed by atoms with Gasteiger partial charge in [-0.2, -0.15) is 0 Å². The highest BCUT2D eigenvalue weighted by Gasteiger charge is 2.30. The number of thioether (sulfide) groups is 1. The minimum Gasteiger partial charge on any atom is -0.487 e. The summed E-state index contributed by atoms with van der Waals surface area (Å²) < 4.78 is 11.9. The van der Waals surface area contributed by atoms with Crippen LogP contribution in [-0.4, -0.2) is 22.5 Å². The molecule has 4 rings (SSSR count). The van der Waals surface area contributed by atoms with E-state index in [-0.39, 0.29) is 11.5 Å². The average Bonchev–Trinajstić information content (AvgIpc) is 3.23. The summed E-state index contributed by atoms with van der Waals surface area (Å²) in [5.74, 6) is 1.17. The lowest BCUT2D eigenvalue weighted by atomic mass is 10.1. The summed E-state index contributed by atoms with van der Waals surface area (Å²) >= 11 is 1.49. The van der Waals surface area contributed by atoms with Crippen molar-refractivity contribution in [3.05, 3.63) is 63.4 Å². The van der Waals surface area contributed by atoms with Crippen LogP contribution in [0, 0.1) is 6.92 Å². The van der Waals surface area contributed by atoms with Crippen molar-refractivity contribution in [2.75, 3.05) is 6.61 Å². The predicted molar refractivity (Wildman–Crippen MR) is 114 cm³/mol. The van der Waals surface area contributed by atoms with E-state index in [1.807, 2.05) is 42.7 Å². The van der Waals surface area contributed by atoms with Crippen LogP contribution in [0.25, 0.3) is 22.4 Å². The molecule has 1 aromatic carbocycles. The maximum Gasteiger partial charge on any atom is 0.253 e. The molecule has 0 radical (unpaired) electrons. The second kappa shape index (κ2) is 7.36. The van der Waals surface area contributed by atoms with Crippen molar-refractivity contribution in [3.63, 3.8) is 0 Å². The number of fused-ring (bicyclic) bond motifs is 1. The number of carbonyl (C=O) groups excluding carboxylic acids is 1. The first-order chi connectivity index (χ1) is 13.8. The fraction of sp³-hybridized carbons (Fsp3) is 0.238. The largest absolute Gasteiger partial charge is 0.487 e. The zero-order valence-electron chi connectivity index (χ0n) is 16.3. The topological polar surface area (TPSA) is 96.4 Å². The molecule has 0 saturated heterocycles. The highest BCUT2D eigenvalue weighted by Crippen LogP contribution is 2.34. The van der Waals surface area contributed by atoms with Gasteiger partial charge in [0.25, 0.3) is 5.56 Å². The molecule has 1 unspecified atom stereocenters. The Bertz CT molecular complexity index is 1180. The van der Waals surface area contributed by atoms with Gasteiger partial charge in [0.05, 0.1) is 11.3 Å².